The van der Waals surface area contributed by atoms with E-state index >= 15 is 0 Å². The Morgan fingerprint density at radius 3 is 2.64 bits per heavy atom. The molecule has 5 rings (SSSR count). The monoisotopic (exact) mass is 304 g/mol. The average molecular weight is 304 g/mol. The molecule has 4 heteroatoms. The molecule has 1 aromatic rings. The standard InChI is InChI=1S/C18H21FO3/c1-22-17-7-11-6-13(8-17)18(10-16(20)21,15(11)9-17)12-2-4-14(19)5-3-12/h2-5,11,13,15H,6-10H2,1H3,(H,20,21)/t11?,13?,15?,17-,18-/m0/s1. The lowest BCUT2D eigenvalue weighted by Gasteiger charge is -2.48. The van der Waals surface area contributed by atoms with E-state index in [2.05, 4.69) is 0 Å². The van der Waals surface area contributed by atoms with Crippen molar-refractivity contribution in [2.24, 2.45) is 17.8 Å². The maximum atomic E-state index is 13.3. The first-order valence-electron chi connectivity index (χ1n) is 8.02. The van der Waals surface area contributed by atoms with Crippen LogP contribution < -0.4 is 0 Å². The summed E-state index contributed by atoms with van der Waals surface area (Å²) in [6.45, 7) is 0. The largest absolute Gasteiger partial charge is 0.481 e. The van der Waals surface area contributed by atoms with E-state index in [0.29, 0.717) is 17.8 Å². The third-order valence-corrected chi connectivity index (χ3v) is 6.65. The van der Waals surface area contributed by atoms with Gasteiger partial charge in [0, 0.05) is 12.5 Å². The van der Waals surface area contributed by atoms with Crippen molar-refractivity contribution in [2.45, 2.75) is 43.1 Å². The van der Waals surface area contributed by atoms with E-state index in [0.717, 1.165) is 31.2 Å². The number of hydrogen-bond acceptors (Lipinski definition) is 2. The van der Waals surface area contributed by atoms with Crippen LogP contribution in [0.4, 0.5) is 4.39 Å². The highest BCUT2D eigenvalue weighted by molar-refractivity contribution is 5.70. The Bertz CT molecular complexity index is 609. The molecule has 0 spiro atoms. The molecule has 4 bridgehead atoms. The van der Waals surface area contributed by atoms with Crippen molar-refractivity contribution in [1.29, 1.82) is 0 Å². The van der Waals surface area contributed by atoms with Gasteiger partial charge in [-0.1, -0.05) is 12.1 Å². The van der Waals surface area contributed by atoms with E-state index in [1.807, 2.05) is 0 Å². The molecular weight excluding hydrogens is 283 g/mol. The second-order valence-electron chi connectivity index (χ2n) is 7.42. The van der Waals surface area contributed by atoms with Gasteiger partial charge in [-0.25, -0.2) is 4.39 Å². The molecule has 3 unspecified atom stereocenters. The molecule has 0 amide bonds. The van der Waals surface area contributed by atoms with Crippen molar-refractivity contribution in [3.05, 3.63) is 35.6 Å². The highest BCUT2D eigenvalue weighted by Gasteiger charge is 2.68. The van der Waals surface area contributed by atoms with Gasteiger partial charge in [-0.2, -0.15) is 0 Å². The van der Waals surface area contributed by atoms with Crippen molar-refractivity contribution in [3.63, 3.8) is 0 Å². The highest BCUT2D eigenvalue weighted by Crippen LogP contribution is 2.70. The second-order valence-corrected chi connectivity index (χ2v) is 7.42. The van der Waals surface area contributed by atoms with E-state index in [1.54, 1.807) is 19.2 Å². The number of carbonyl (C=O) groups is 1. The summed E-state index contributed by atoms with van der Waals surface area (Å²) in [7, 11) is 1.78. The lowest BCUT2D eigenvalue weighted by Crippen LogP contribution is -2.48. The van der Waals surface area contributed by atoms with Gasteiger partial charge in [0.25, 0.3) is 0 Å². The lowest BCUT2D eigenvalue weighted by atomic mass is 9.58. The fourth-order valence-corrected chi connectivity index (χ4v) is 5.97. The first-order valence-corrected chi connectivity index (χ1v) is 8.02. The molecular formula is C18H21FO3. The fourth-order valence-electron chi connectivity index (χ4n) is 5.97. The number of methoxy groups -OCH3 is 1. The molecule has 0 saturated heterocycles. The van der Waals surface area contributed by atoms with Gasteiger partial charge >= 0.3 is 5.97 Å². The molecule has 0 aliphatic heterocycles. The number of carboxylic acid groups (broad SMARTS) is 1. The zero-order valence-corrected chi connectivity index (χ0v) is 12.7. The normalized spacial score (nSPS) is 42.0. The van der Waals surface area contributed by atoms with Gasteiger partial charge in [0.15, 0.2) is 0 Å². The summed E-state index contributed by atoms with van der Waals surface area (Å²) in [4.78, 5) is 11.6. The lowest BCUT2D eigenvalue weighted by molar-refractivity contribution is -0.141. The number of aliphatic carboxylic acids is 1. The Labute approximate surface area is 129 Å². The van der Waals surface area contributed by atoms with E-state index in [9.17, 15) is 14.3 Å². The summed E-state index contributed by atoms with van der Waals surface area (Å²) >= 11 is 0. The summed E-state index contributed by atoms with van der Waals surface area (Å²) in [6, 6.07) is 6.52. The fraction of sp³-hybridized carbons (Fsp3) is 0.611. The quantitative estimate of drug-likeness (QED) is 0.927. The van der Waals surface area contributed by atoms with Gasteiger partial charge < -0.3 is 9.84 Å². The van der Waals surface area contributed by atoms with Gasteiger partial charge in [-0.05, 0) is 61.1 Å². The predicted molar refractivity (Wildman–Crippen MR) is 79.0 cm³/mol. The van der Waals surface area contributed by atoms with Crippen LogP contribution in [0.15, 0.2) is 24.3 Å². The maximum absolute atomic E-state index is 13.3. The van der Waals surface area contributed by atoms with Crippen LogP contribution in [-0.2, 0) is 14.9 Å². The molecule has 4 fully saturated rings. The van der Waals surface area contributed by atoms with Gasteiger partial charge in [-0.3, -0.25) is 4.79 Å². The highest BCUT2D eigenvalue weighted by atomic mass is 19.1. The first-order chi connectivity index (χ1) is 10.5. The Hall–Kier alpha value is -1.42. The molecule has 1 N–H and O–H groups in total. The minimum absolute atomic E-state index is 0.0414. The molecule has 0 aromatic heterocycles. The molecule has 0 heterocycles. The van der Waals surface area contributed by atoms with E-state index in [1.165, 1.54) is 12.1 Å². The molecule has 3 nitrogen and oxygen atoms in total. The SMILES string of the molecule is CO[C@@]12CC3CC(C1)[C@](CC(=O)O)(c1ccc(F)cc1)C3C2. The second kappa shape index (κ2) is 4.54. The van der Waals surface area contributed by atoms with Gasteiger partial charge in [0.2, 0.25) is 0 Å². The predicted octanol–water partition coefficient (Wildman–Crippen LogP) is 3.37. The summed E-state index contributed by atoms with van der Waals surface area (Å²) in [5.74, 6) is 0.184. The smallest absolute Gasteiger partial charge is 0.304 e. The molecule has 4 saturated carbocycles. The van der Waals surface area contributed by atoms with E-state index < -0.39 is 5.97 Å². The Kier molecular flexibility index (Phi) is 2.93. The van der Waals surface area contributed by atoms with Crippen LogP contribution in [0.5, 0.6) is 0 Å². The van der Waals surface area contributed by atoms with Crippen molar-refractivity contribution in [3.8, 4) is 0 Å². The number of carboxylic acids is 1. The van der Waals surface area contributed by atoms with Crippen LogP contribution >= 0.6 is 0 Å². The average Bonchev–Trinajstić information content (AvgIpc) is 2.87. The summed E-state index contributed by atoms with van der Waals surface area (Å²) < 4.78 is 19.1. The van der Waals surface area contributed by atoms with E-state index in [-0.39, 0.29) is 23.3 Å². The number of benzene rings is 1. The third-order valence-electron chi connectivity index (χ3n) is 6.65. The van der Waals surface area contributed by atoms with Crippen molar-refractivity contribution in [1.82, 2.24) is 0 Å². The van der Waals surface area contributed by atoms with Crippen LogP contribution in [0, 0.1) is 23.6 Å². The Morgan fingerprint density at radius 1 is 1.32 bits per heavy atom. The van der Waals surface area contributed by atoms with Gasteiger partial charge in [-0.15, -0.1) is 0 Å². The molecule has 22 heavy (non-hydrogen) atoms. The summed E-state index contributed by atoms with van der Waals surface area (Å²) in [6.07, 6.45) is 4.15. The van der Waals surface area contributed by atoms with Crippen LogP contribution in [0.3, 0.4) is 0 Å². The molecule has 0 radical (unpaired) electrons. The third kappa shape index (κ3) is 1.73. The minimum Gasteiger partial charge on any atom is -0.481 e. The molecule has 118 valence electrons. The van der Waals surface area contributed by atoms with Crippen molar-refractivity contribution < 1.29 is 19.0 Å². The van der Waals surface area contributed by atoms with Crippen molar-refractivity contribution in [2.75, 3.05) is 7.11 Å². The number of ether oxygens (including phenoxy) is 1. The first kappa shape index (κ1) is 14.2. The van der Waals surface area contributed by atoms with Crippen LogP contribution in [0.1, 0.15) is 37.7 Å². The number of hydrogen-bond donors (Lipinski definition) is 1. The van der Waals surface area contributed by atoms with Crippen LogP contribution in [0.2, 0.25) is 0 Å². The summed E-state index contributed by atoms with van der Waals surface area (Å²) in [5.41, 5.74) is 0.614. The van der Waals surface area contributed by atoms with Crippen molar-refractivity contribution >= 4 is 5.97 Å². The van der Waals surface area contributed by atoms with Crippen LogP contribution in [0.25, 0.3) is 0 Å². The van der Waals surface area contributed by atoms with Gasteiger partial charge in [0.1, 0.15) is 5.82 Å². The topological polar surface area (TPSA) is 46.5 Å². The zero-order valence-electron chi connectivity index (χ0n) is 12.7. The molecule has 1 aromatic carbocycles. The Morgan fingerprint density at radius 2 is 2.05 bits per heavy atom. The zero-order chi connectivity index (χ0) is 15.5. The molecule has 4 aliphatic carbocycles. The van der Waals surface area contributed by atoms with E-state index in [4.69, 9.17) is 4.74 Å². The summed E-state index contributed by atoms with van der Waals surface area (Å²) in [5, 5.41) is 9.53. The van der Waals surface area contributed by atoms with Crippen LogP contribution in [-0.4, -0.2) is 23.8 Å². The van der Waals surface area contributed by atoms with Gasteiger partial charge in [0.05, 0.1) is 12.0 Å². The maximum Gasteiger partial charge on any atom is 0.304 e. The number of rotatable bonds is 4. The minimum atomic E-state index is -0.758. The molecule has 4 aliphatic rings. The molecule has 5 atom stereocenters. The number of halogens is 1. The Balaban J connectivity index is 1.81.